The van der Waals surface area contributed by atoms with E-state index in [4.69, 9.17) is 11.6 Å². The number of amides is 2. The standard InChI is InChI=1S/C27H28ClN9O/c1-18-2-3-20(28)12-23(18)34-26(38)35-10-5-21(6-11-35)36-15-27(16-36,7-8-29)37-14-19(13-33-37)24-22-4-9-30-25(22)32-17-31-24/h2-4,9,12-14,17,21H,5-7,10-11,15-16H2,1H3,(H,34,38)(H,30,31,32). The molecule has 6 rings (SSSR count). The molecule has 10 nitrogen and oxygen atoms in total. The number of rotatable bonds is 5. The summed E-state index contributed by atoms with van der Waals surface area (Å²) in [5.74, 6) is 0. The lowest BCUT2D eigenvalue weighted by Gasteiger charge is -2.53. The third kappa shape index (κ3) is 4.38. The Balaban J connectivity index is 1.09. The SMILES string of the molecule is Cc1ccc(Cl)cc1NC(=O)N1CCC(N2CC(CC#N)(n3cc(-c4ncnc5[nH]ccc45)cn3)C2)CC1. The largest absolute Gasteiger partial charge is 0.346 e. The fourth-order valence-corrected chi connectivity index (χ4v) is 5.79. The van der Waals surface area contributed by atoms with Gasteiger partial charge in [-0.1, -0.05) is 17.7 Å². The normalized spacial score (nSPS) is 17.8. The number of nitrogens with zero attached hydrogens (tertiary/aromatic N) is 7. The van der Waals surface area contributed by atoms with Crippen molar-refractivity contribution in [2.75, 3.05) is 31.5 Å². The molecule has 2 aliphatic rings. The number of carbonyl (C=O) groups is 1. The van der Waals surface area contributed by atoms with Crippen molar-refractivity contribution < 1.29 is 4.79 Å². The zero-order valence-corrected chi connectivity index (χ0v) is 21.8. The molecule has 2 aliphatic heterocycles. The molecule has 0 saturated carbocycles. The molecule has 2 fully saturated rings. The van der Waals surface area contributed by atoms with E-state index < -0.39 is 0 Å². The minimum atomic E-state index is -0.365. The molecule has 38 heavy (non-hydrogen) atoms. The molecule has 2 amide bonds. The van der Waals surface area contributed by atoms with Crippen LogP contribution in [-0.2, 0) is 5.54 Å². The van der Waals surface area contributed by atoms with E-state index in [0.717, 1.165) is 59.5 Å². The molecular weight excluding hydrogens is 502 g/mol. The summed E-state index contributed by atoms with van der Waals surface area (Å²) in [5, 5.41) is 18.8. The van der Waals surface area contributed by atoms with Crippen molar-refractivity contribution in [3.63, 3.8) is 0 Å². The molecule has 3 aromatic heterocycles. The van der Waals surface area contributed by atoms with Gasteiger partial charge in [0.2, 0.25) is 0 Å². The molecular formula is C27H28ClN9O. The zero-order chi connectivity index (χ0) is 26.3. The Kier molecular flexibility index (Phi) is 6.26. The number of fused-ring (bicyclic) bond motifs is 1. The Morgan fingerprint density at radius 2 is 2.08 bits per heavy atom. The summed E-state index contributed by atoms with van der Waals surface area (Å²) >= 11 is 6.10. The maximum Gasteiger partial charge on any atom is 0.321 e. The Labute approximate surface area is 225 Å². The summed E-state index contributed by atoms with van der Waals surface area (Å²) < 4.78 is 1.94. The number of hydrogen-bond donors (Lipinski definition) is 2. The number of aromatic nitrogens is 5. The summed E-state index contributed by atoms with van der Waals surface area (Å²) in [6.07, 6.45) is 9.37. The number of piperidine rings is 1. The molecule has 0 bridgehead atoms. The van der Waals surface area contributed by atoms with Gasteiger partial charge in [-0.2, -0.15) is 10.4 Å². The van der Waals surface area contributed by atoms with Gasteiger partial charge in [0.1, 0.15) is 17.5 Å². The predicted molar refractivity (Wildman–Crippen MR) is 145 cm³/mol. The van der Waals surface area contributed by atoms with Crippen molar-refractivity contribution in [1.82, 2.24) is 34.5 Å². The number of aromatic amines is 1. The molecule has 1 aromatic carbocycles. The number of nitrogens with one attached hydrogen (secondary N) is 2. The highest BCUT2D eigenvalue weighted by atomic mass is 35.5. The van der Waals surface area contributed by atoms with Gasteiger partial charge in [0.15, 0.2) is 0 Å². The number of aryl methyl sites for hydroxylation is 1. The van der Waals surface area contributed by atoms with E-state index in [1.807, 2.05) is 53.3 Å². The highest BCUT2D eigenvalue weighted by Crippen LogP contribution is 2.37. The molecule has 0 radical (unpaired) electrons. The number of H-pyrrole nitrogens is 1. The number of halogens is 1. The van der Waals surface area contributed by atoms with Gasteiger partial charge >= 0.3 is 6.03 Å². The Morgan fingerprint density at radius 3 is 2.87 bits per heavy atom. The first-order chi connectivity index (χ1) is 18.5. The molecule has 0 spiro atoms. The van der Waals surface area contributed by atoms with Gasteiger partial charge in [0.25, 0.3) is 0 Å². The molecule has 0 aliphatic carbocycles. The van der Waals surface area contributed by atoms with Crippen LogP contribution in [0.4, 0.5) is 10.5 Å². The smallest absolute Gasteiger partial charge is 0.321 e. The molecule has 0 unspecified atom stereocenters. The second-order valence-corrected chi connectivity index (χ2v) is 10.6. The first kappa shape index (κ1) is 24.4. The number of hydrogen-bond acceptors (Lipinski definition) is 6. The molecule has 194 valence electrons. The van der Waals surface area contributed by atoms with Crippen LogP contribution >= 0.6 is 11.6 Å². The summed E-state index contributed by atoms with van der Waals surface area (Å²) in [6.45, 7) is 4.83. The van der Waals surface area contributed by atoms with Crippen molar-refractivity contribution >= 4 is 34.4 Å². The number of anilines is 1. The van der Waals surface area contributed by atoms with Crippen molar-refractivity contribution in [2.24, 2.45) is 0 Å². The van der Waals surface area contributed by atoms with Crippen LogP contribution in [0.5, 0.6) is 0 Å². The lowest BCUT2D eigenvalue weighted by atomic mass is 9.84. The van der Waals surface area contributed by atoms with Gasteiger partial charge < -0.3 is 15.2 Å². The van der Waals surface area contributed by atoms with Gasteiger partial charge in [-0.25, -0.2) is 14.8 Å². The van der Waals surface area contributed by atoms with Crippen molar-refractivity contribution in [3.05, 3.63) is 59.8 Å². The minimum absolute atomic E-state index is 0.0958. The van der Waals surface area contributed by atoms with Crippen LogP contribution in [0.2, 0.25) is 5.02 Å². The average molecular weight is 530 g/mol. The topological polar surface area (TPSA) is 119 Å². The molecule has 2 N–H and O–H groups in total. The van der Waals surface area contributed by atoms with Crippen LogP contribution in [0.25, 0.3) is 22.3 Å². The summed E-state index contributed by atoms with van der Waals surface area (Å²) in [6, 6.07) is 10.1. The minimum Gasteiger partial charge on any atom is -0.346 e. The van der Waals surface area contributed by atoms with Crippen LogP contribution < -0.4 is 5.32 Å². The third-order valence-electron chi connectivity index (χ3n) is 7.81. The predicted octanol–water partition coefficient (Wildman–Crippen LogP) is 4.40. The number of likely N-dealkylation sites (tertiary alicyclic amines) is 2. The summed E-state index contributed by atoms with van der Waals surface area (Å²) in [7, 11) is 0. The Bertz CT molecular complexity index is 1520. The van der Waals surface area contributed by atoms with Gasteiger partial charge in [-0.05, 0) is 43.5 Å². The van der Waals surface area contributed by atoms with Gasteiger partial charge in [-0.15, -0.1) is 0 Å². The first-order valence-corrected chi connectivity index (χ1v) is 13.1. The molecule has 4 aromatic rings. The van der Waals surface area contributed by atoms with Gasteiger partial charge in [-0.3, -0.25) is 9.58 Å². The van der Waals surface area contributed by atoms with E-state index in [9.17, 15) is 10.1 Å². The van der Waals surface area contributed by atoms with E-state index in [-0.39, 0.29) is 11.6 Å². The molecule has 0 atom stereocenters. The average Bonchev–Trinajstić information content (AvgIpc) is 3.58. The fourth-order valence-electron chi connectivity index (χ4n) is 5.62. The monoisotopic (exact) mass is 529 g/mol. The summed E-state index contributed by atoms with van der Waals surface area (Å²) in [4.78, 5) is 29.0. The van der Waals surface area contributed by atoms with Crippen LogP contribution in [0.3, 0.4) is 0 Å². The number of benzene rings is 1. The number of nitriles is 1. The highest BCUT2D eigenvalue weighted by Gasteiger charge is 2.48. The lowest BCUT2D eigenvalue weighted by molar-refractivity contribution is -0.0399. The highest BCUT2D eigenvalue weighted by molar-refractivity contribution is 6.31. The van der Waals surface area contributed by atoms with Crippen molar-refractivity contribution in [3.8, 4) is 17.3 Å². The second kappa shape index (κ2) is 9.74. The van der Waals surface area contributed by atoms with Crippen LogP contribution in [-0.4, -0.2) is 72.8 Å². The molecule has 5 heterocycles. The van der Waals surface area contributed by atoms with Crippen LogP contribution in [0.15, 0.2) is 49.2 Å². The molecule has 2 saturated heterocycles. The number of carbonyl (C=O) groups excluding carboxylic acids is 1. The van der Waals surface area contributed by atoms with Gasteiger partial charge in [0, 0.05) is 66.3 Å². The maximum absolute atomic E-state index is 12.8. The lowest BCUT2D eigenvalue weighted by Crippen LogP contribution is -2.66. The van der Waals surface area contributed by atoms with Crippen LogP contribution in [0, 0.1) is 18.3 Å². The van der Waals surface area contributed by atoms with Crippen molar-refractivity contribution in [1.29, 1.82) is 5.26 Å². The Hall–Kier alpha value is -3.94. The second-order valence-electron chi connectivity index (χ2n) is 10.2. The Morgan fingerprint density at radius 1 is 1.26 bits per heavy atom. The van der Waals surface area contributed by atoms with Crippen LogP contribution in [0.1, 0.15) is 24.8 Å². The van der Waals surface area contributed by atoms with E-state index in [1.54, 1.807) is 12.4 Å². The quantitative estimate of drug-likeness (QED) is 0.395. The first-order valence-electron chi connectivity index (χ1n) is 12.7. The van der Waals surface area contributed by atoms with Gasteiger partial charge in [0.05, 0.1) is 24.4 Å². The van der Waals surface area contributed by atoms with E-state index in [2.05, 4.69) is 36.3 Å². The van der Waals surface area contributed by atoms with Crippen molar-refractivity contribution in [2.45, 2.75) is 37.8 Å². The third-order valence-corrected chi connectivity index (χ3v) is 8.04. The van der Waals surface area contributed by atoms with E-state index >= 15 is 0 Å². The van der Waals surface area contributed by atoms with E-state index in [1.165, 1.54) is 0 Å². The van der Waals surface area contributed by atoms with E-state index in [0.29, 0.717) is 30.6 Å². The maximum atomic E-state index is 12.8. The fraction of sp³-hybridized carbons (Fsp3) is 0.370. The number of urea groups is 1. The summed E-state index contributed by atoms with van der Waals surface area (Å²) in [5.41, 5.74) is 3.87. The molecule has 11 heteroatoms. The zero-order valence-electron chi connectivity index (χ0n) is 21.1.